The van der Waals surface area contributed by atoms with Gasteiger partial charge in [0.25, 0.3) is 0 Å². The van der Waals surface area contributed by atoms with E-state index in [0.29, 0.717) is 13.0 Å². The Morgan fingerprint density at radius 3 is 2.71 bits per heavy atom. The standard InChI is InChI=1S/C10H18N2O2/c1-10(2)4-3-9(14)12(6-5-10)7-8(11)13/h3-7H2,1-2H3,(H2,11,13). The van der Waals surface area contributed by atoms with Gasteiger partial charge in [0.15, 0.2) is 0 Å². The Morgan fingerprint density at radius 2 is 2.14 bits per heavy atom. The molecule has 0 aromatic rings. The molecule has 0 saturated carbocycles. The molecule has 0 aliphatic carbocycles. The molecule has 4 heteroatoms. The summed E-state index contributed by atoms with van der Waals surface area (Å²) >= 11 is 0. The van der Waals surface area contributed by atoms with Gasteiger partial charge in [-0.2, -0.15) is 0 Å². The average Bonchev–Trinajstić information content (AvgIpc) is 2.17. The third kappa shape index (κ3) is 3.01. The lowest BCUT2D eigenvalue weighted by Crippen LogP contribution is -2.38. The van der Waals surface area contributed by atoms with Crippen LogP contribution in [-0.4, -0.2) is 29.8 Å². The number of likely N-dealkylation sites (tertiary alicyclic amines) is 1. The van der Waals surface area contributed by atoms with Gasteiger partial charge in [0, 0.05) is 13.0 Å². The van der Waals surface area contributed by atoms with Gasteiger partial charge in [-0.05, 0) is 18.3 Å². The van der Waals surface area contributed by atoms with E-state index < -0.39 is 5.91 Å². The Labute approximate surface area is 84.4 Å². The van der Waals surface area contributed by atoms with E-state index in [2.05, 4.69) is 13.8 Å². The third-order valence-corrected chi connectivity index (χ3v) is 2.77. The van der Waals surface area contributed by atoms with E-state index in [1.54, 1.807) is 4.90 Å². The molecule has 1 fully saturated rings. The molecule has 0 aromatic carbocycles. The molecule has 2 amide bonds. The van der Waals surface area contributed by atoms with E-state index in [4.69, 9.17) is 5.73 Å². The van der Waals surface area contributed by atoms with Crippen molar-refractivity contribution in [2.24, 2.45) is 11.1 Å². The number of hydrogen-bond acceptors (Lipinski definition) is 2. The summed E-state index contributed by atoms with van der Waals surface area (Å²) in [6.45, 7) is 5.01. The number of nitrogens with zero attached hydrogens (tertiary/aromatic N) is 1. The molecule has 1 rings (SSSR count). The van der Waals surface area contributed by atoms with Crippen molar-refractivity contribution < 1.29 is 9.59 Å². The highest BCUT2D eigenvalue weighted by atomic mass is 16.2. The number of hydrogen-bond donors (Lipinski definition) is 1. The number of carbonyl (C=O) groups is 2. The average molecular weight is 198 g/mol. The van der Waals surface area contributed by atoms with E-state index in [1.807, 2.05) is 0 Å². The summed E-state index contributed by atoms with van der Waals surface area (Å²) in [4.78, 5) is 23.8. The van der Waals surface area contributed by atoms with Crippen LogP contribution in [0.3, 0.4) is 0 Å². The van der Waals surface area contributed by atoms with Crippen LogP contribution in [0.4, 0.5) is 0 Å². The largest absolute Gasteiger partial charge is 0.368 e. The first-order valence-corrected chi connectivity index (χ1v) is 4.97. The monoisotopic (exact) mass is 198 g/mol. The summed E-state index contributed by atoms with van der Waals surface area (Å²) in [5.74, 6) is -0.382. The molecule has 4 nitrogen and oxygen atoms in total. The van der Waals surface area contributed by atoms with Crippen LogP contribution in [0.5, 0.6) is 0 Å². The smallest absolute Gasteiger partial charge is 0.237 e. The van der Waals surface area contributed by atoms with Gasteiger partial charge in [-0.1, -0.05) is 13.8 Å². The molecule has 0 radical (unpaired) electrons. The van der Waals surface area contributed by atoms with Crippen molar-refractivity contribution in [1.29, 1.82) is 0 Å². The summed E-state index contributed by atoms with van der Waals surface area (Å²) in [5, 5.41) is 0. The van der Waals surface area contributed by atoms with Crippen molar-refractivity contribution in [1.82, 2.24) is 4.90 Å². The fourth-order valence-corrected chi connectivity index (χ4v) is 1.65. The molecule has 1 aliphatic heterocycles. The van der Waals surface area contributed by atoms with Crippen LogP contribution in [0.25, 0.3) is 0 Å². The van der Waals surface area contributed by atoms with Gasteiger partial charge in [-0.15, -0.1) is 0 Å². The van der Waals surface area contributed by atoms with Crippen LogP contribution in [0, 0.1) is 5.41 Å². The molecular formula is C10H18N2O2. The van der Waals surface area contributed by atoms with E-state index in [-0.39, 0.29) is 17.9 Å². The summed E-state index contributed by atoms with van der Waals surface area (Å²) in [5.41, 5.74) is 5.27. The van der Waals surface area contributed by atoms with Crippen LogP contribution in [0.1, 0.15) is 33.1 Å². The molecule has 0 unspecified atom stereocenters. The van der Waals surface area contributed by atoms with Crippen LogP contribution in [0.15, 0.2) is 0 Å². The molecule has 0 bridgehead atoms. The lowest BCUT2D eigenvalue weighted by atomic mass is 9.85. The highest BCUT2D eigenvalue weighted by molar-refractivity contribution is 5.83. The summed E-state index contributed by atoms with van der Waals surface area (Å²) < 4.78 is 0. The maximum atomic E-state index is 11.6. The molecule has 1 aliphatic rings. The zero-order valence-electron chi connectivity index (χ0n) is 8.88. The van der Waals surface area contributed by atoms with E-state index in [0.717, 1.165) is 12.8 Å². The van der Waals surface area contributed by atoms with Crippen molar-refractivity contribution in [3.8, 4) is 0 Å². The minimum Gasteiger partial charge on any atom is -0.368 e. The molecule has 0 aromatic heterocycles. The predicted molar refractivity (Wildman–Crippen MR) is 53.4 cm³/mol. The Kier molecular flexibility index (Phi) is 3.13. The van der Waals surface area contributed by atoms with E-state index in [1.165, 1.54) is 0 Å². The highest BCUT2D eigenvalue weighted by Crippen LogP contribution is 2.29. The van der Waals surface area contributed by atoms with Gasteiger partial charge < -0.3 is 10.6 Å². The number of nitrogens with two attached hydrogens (primary N) is 1. The summed E-state index contributed by atoms with van der Waals surface area (Å²) in [7, 11) is 0. The van der Waals surface area contributed by atoms with Crippen molar-refractivity contribution >= 4 is 11.8 Å². The van der Waals surface area contributed by atoms with Crippen LogP contribution >= 0.6 is 0 Å². The van der Waals surface area contributed by atoms with Crippen molar-refractivity contribution in [2.45, 2.75) is 33.1 Å². The molecule has 1 saturated heterocycles. The second kappa shape index (κ2) is 3.98. The molecule has 0 spiro atoms. The minimum absolute atomic E-state index is 0.0503. The second-order valence-electron chi connectivity index (χ2n) is 4.70. The van der Waals surface area contributed by atoms with Gasteiger partial charge in [-0.25, -0.2) is 0 Å². The zero-order valence-corrected chi connectivity index (χ0v) is 8.88. The first-order chi connectivity index (χ1) is 6.41. The number of amides is 2. The third-order valence-electron chi connectivity index (χ3n) is 2.77. The number of rotatable bonds is 2. The Balaban J connectivity index is 2.60. The molecule has 80 valence electrons. The lowest BCUT2D eigenvalue weighted by Gasteiger charge is -2.22. The van der Waals surface area contributed by atoms with Crippen molar-refractivity contribution in [3.05, 3.63) is 0 Å². The van der Waals surface area contributed by atoms with Gasteiger partial charge in [-0.3, -0.25) is 9.59 Å². The number of carbonyl (C=O) groups excluding carboxylic acids is 2. The van der Waals surface area contributed by atoms with Gasteiger partial charge in [0.05, 0.1) is 6.54 Å². The highest BCUT2D eigenvalue weighted by Gasteiger charge is 2.27. The topological polar surface area (TPSA) is 63.4 Å². The zero-order chi connectivity index (χ0) is 10.8. The van der Waals surface area contributed by atoms with E-state index >= 15 is 0 Å². The quantitative estimate of drug-likeness (QED) is 0.702. The van der Waals surface area contributed by atoms with Gasteiger partial charge >= 0.3 is 0 Å². The molecule has 2 N–H and O–H groups in total. The molecule has 1 heterocycles. The maximum Gasteiger partial charge on any atom is 0.237 e. The lowest BCUT2D eigenvalue weighted by molar-refractivity contribution is -0.134. The predicted octanol–water partition coefficient (Wildman–Crippen LogP) is 0.510. The van der Waals surface area contributed by atoms with Gasteiger partial charge in [0.1, 0.15) is 0 Å². The number of primary amides is 1. The fraction of sp³-hybridized carbons (Fsp3) is 0.800. The Morgan fingerprint density at radius 1 is 1.50 bits per heavy atom. The van der Waals surface area contributed by atoms with Crippen molar-refractivity contribution in [3.63, 3.8) is 0 Å². The minimum atomic E-state index is -0.432. The molecule has 14 heavy (non-hydrogen) atoms. The second-order valence-corrected chi connectivity index (χ2v) is 4.70. The summed E-state index contributed by atoms with van der Waals surface area (Å²) in [6.07, 6.45) is 2.35. The first-order valence-electron chi connectivity index (χ1n) is 4.97. The summed E-state index contributed by atoms with van der Waals surface area (Å²) in [6, 6.07) is 0. The van der Waals surface area contributed by atoms with E-state index in [9.17, 15) is 9.59 Å². The SMILES string of the molecule is CC1(C)CCC(=O)N(CC(N)=O)CC1. The fourth-order valence-electron chi connectivity index (χ4n) is 1.65. The van der Waals surface area contributed by atoms with Crippen LogP contribution < -0.4 is 5.73 Å². The van der Waals surface area contributed by atoms with Crippen molar-refractivity contribution in [2.75, 3.05) is 13.1 Å². The van der Waals surface area contributed by atoms with Crippen LogP contribution in [-0.2, 0) is 9.59 Å². The molecule has 0 atom stereocenters. The van der Waals surface area contributed by atoms with Crippen LogP contribution in [0.2, 0.25) is 0 Å². The molecular weight excluding hydrogens is 180 g/mol. The maximum absolute atomic E-state index is 11.6. The Hall–Kier alpha value is -1.06. The Bertz CT molecular complexity index is 249. The first kappa shape index (κ1) is 11.0. The normalized spacial score (nSPS) is 21.9. The van der Waals surface area contributed by atoms with Gasteiger partial charge in [0.2, 0.25) is 11.8 Å².